The minimum Gasteiger partial charge on any atom is -0.466 e. The molecular weight excluding hydrogens is 202 g/mol. The number of rotatable bonds is 6. The van der Waals surface area contributed by atoms with Crippen LogP contribution in [-0.4, -0.2) is 24.7 Å². The molecule has 0 bridgehead atoms. The molecule has 16 heavy (non-hydrogen) atoms. The van der Waals surface area contributed by atoms with Gasteiger partial charge in [0.15, 0.2) is 0 Å². The average Bonchev–Trinajstić information content (AvgIpc) is 2.74. The van der Waals surface area contributed by atoms with E-state index in [0.717, 1.165) is 32.1 Å². The summed E-state index contributed by atoms with van der Waals surface area (Å²) in [5.41, 5.74) is 0. The Morgan fingerprint density at radius 1 is 1.31 bits per heavy atom. The van der Waals surface area contributed by atoms with Gasteiger partial charge in [0.25, 0.3) is 0 Å². The van der Waals surface area contributed by atoms with Crippen molar-refractivity contribution in [3.05, 3.63) is 0 Å². The van der Waals surface area contributed by atoms with Crippen LogP contribution in [0.1, 0.15) is 52.9 Å². The van der Waals surface area contributed by atoms with E-state index in [9.17, 15) is 4.79 Å². The molecule has 0 aromatic heterocycles. The van der Waals surface area contributed by atoms with E-state index in [2.05, 4.69) is 19.2 Å². The van der Waals surface area contributed by atoms with Gasteiger partial charge >= 0.3 is 5.97 Å². The Bertz CT molecular complexity index is 214. The Hall–Kier alpha value is -0.570. The van der Waals surface area contributed by atoms with Gasteiger partial charge in [-0.05, 0) is 39.0 Å². The Kier molecular flexibility index (Phi) is 5.81. The van der Waals surface area contributed by atoms with E-state index in [-0.39, 0.29) is 11.9 Å². The van der Waals surface area contributed by atoms with Crippen LogP contribution in [0, 0.1) is 5.92 Å². The van der Waals surface area contributed by atoms with E-state index in [0.29, 0.717) is 18.7 Å². The van der Waals surface area contributed by atoms with Crippen molar-refractivity contribution in [3.63, 3.8) is 0 Å². The third kappa shape index (κ3) is 3.78. The maximum Gasteiger partial charge on any atom is 0.308 e. The molecule has 0 aromatic rings. The first kappa shape index (κ1) is 13.5. The normalized spacial score (nSPS) is 25.0. The third-order valence-electron chi connectivity index (χ3n) is 3.51. The van der Waals surface area contributed by atoms with Gasteiger partial charge < -0.3 is 10.1 Å². The average molecular weight is 227 g/mol. The van der Waals surface area contributed by atoms with E-state index in [4.69, 9.17) is 4.74 Å². The highest BCUT2D eigenvalue weighted by Crippen LogP contribution is 2.27. The number of carbonyl (C=O) groups excluding carboxylic acids is 1. The van der Waals surface area contributed by atoms with Gasteiger partial charge in [0.1, 0.15) is 0 Å². The molecule has 0 saturated heterocycles. The van der Waals surface area contributed by atoms with Crippen LogP contribution in [0.3, 0.4) is 0 Å². The first-order valence-electron chi connectivity index (χ1n) is 6.63. The molecule has 1 fully saturated rings. The number of esters is 1. The monoisotopic (exact) mass is 227 g/mol. The molecule has 1 rings (SSSR count). The van der Waals surface area contributed by atoms with Crippen molar-refractivity contribution in [1.29, 1.82) is 0 Å². The molecule has 0 spiro atoms. The molecule has 1 aliphatic carbocycles. The molecule has 2 atom stereocenters. The van der Waals surface area contributed by atoms with Crippen LogP contribution in [0.4, 0.5) is 0 Å². The summed E-state index contributed by atoms with van der Waals surface area (Å²) in [7, 11) is 0. The highest BCUT2D eigenvalue weighted by atomic mass is 16.5. The number of ether oxygens (including phenoxy) is 1. The molecule has 0 aromatic carbocycles. The minimum absolute atomic E-state index is 0.00338. The van der Waals surface area contributed by atoms with Crippen LogP contribution >= 0.6 is 0 Å². The Labute approximate surface area is 98.9 Å². The van der Waals surface area contributed by atoms with Crippen molar-refractivity contribution in [3.8, 4) is 0 Å². The first-order valence-corrected chi connectivity index (χ1v) is 6.63. The van der Waals surface area contributed by atoms with Crippen molar-refractivity contribution in [2.45, 2.75) is 65.0 Å². The lowest BCUT2D eigenvalue weighted by Gasteiger charge is -2.20. The summed E-state index contributed by atoms with van der Waals surface area (Å²) in [6.45, 7) is 6.78. The fourth-order valence-electron chi connectivity index (χ4n) is 2.46. The smallest absolute Gasteiger partial charge is 0.308 e. The largest absolute Gasteiger partial charge is 0.466 e. The molecule has 0 amide bonds. The lowest BCUT2D eigenvalue weighted by Crippen LogP contribution is -2.36. The van der Waals surface area contributed by atoms with Crippen molar-refractivity contribution >= 4 is 5.97 Å². The zero-order chi connectivity index (χ0) is 12.0. The highest BCUT2D eigenvalue weighted by Gasteiger charge is 2.31. The maximum atomic E-state index is 11.6. The quantitative estimate of drug-likeness (QED) is 0.708. The summed E-state index contributed by atoms with van der Waals surface area (Å²) in [6.07, 6.45) is 5.38. The Balaban J connectivity index is 2.31. The maximum absolute atomic E-state index is 11.6. The van der Waals surface area contributed by atoms with Gasteiger partial charge in [0, 0.05) is 12.1 Å². The Morgan fingerprint density at radius 2 is 2.00 bits per heavy atom. The fourth-order valence-corrected chi connectivity index (χ4v) is 2.46. The summed E-state index contributed by atoms with van der Waals surface area (Å²) >= 11 is 0. The van der Waals surface area contributed by atoms with Gasteiger partial charge in [-0.15, -0.1) is 0 Å². The second-order valence-electron chi connectivity index (χ2n) is 4.64. The summed E-state index contributed by atoms with van der Waals surface area (Å²) in [6, 6.07) is 1.12. The van der Waals surface area contributed by atoms with Crippen LogP contribution in [0.5, 0.6) is 0 Å². The molecule has 0 aliphatic heterocycles. The van der Waals surface area contributed by atoms with E-state index >= 15 is 0 Å². The van der Waals surface area contributed by atoms with Gasteiger partial charge in [0.05, 0.1) is 12.5 Å². The van der Waals surface area contributed by atoms with E-state index < -0.39 is 0 Å². The SMILES string of the molecule is CCOC(=O)C1CCC(NC(CC)CC)C1. The number of nitrogens with one attached hydrogen (secondary N) is 1. The lowest BCUT2D eigenvalue weighted by molar-refractivity contribution is -0.147. The van der Waals surface area contributed by atoms with Crippen LogP contribution < -0.4 is 5.32 Å². The molecule has 0 radical (unpaired) electrons. The van der Waals surface area contributed by atoms with Crippen LogP contribution in [0.25, 0.3) is 0 Å². The van der Waals surface area contributed by atoms with Crippen molar-refractivity contribution < 1.29 is 9.53 Å². The van der Waals surface area contributed by atoms with Crippen LogP contribution in [-0.2, 0) is 9.53 Å². The highest BCUT2D eigenvalue weighted by molar-refractivity contribution is 5.72. The zero-order valence-corrected chi connectivity index (χ0v) is 10.8. The summed E-state index contributed by atoms with van der Waals surface area (Å²) in [4.78, 5) is 11.6. The van der Waals surface area contributed by atoms with Gasteiger partial charge in [-0.3, -0.25) is 4.79 Å². The summed E-state index contributed by atoms with van der Waals surface area (Å²) in [5.74, 6) is 0.128. The predicted molar refractivity (Wildman–Crippen MR) is 65.3 cm³/mol. The van der Waals surface area contributed by atoms with Gasteiger partial charge in [-0.2, -0.15) is 0 Å². The Morgan fingerprint density at radius 3 is 2.56 bits per heavy atom. The molecular formula is C13H25NO2. The second-order valence-corrected chi connectivity index (χ2v) is 4.64. The van der Waals surface area contributed by atoms with Crippen molar-refractivity contribution in [2.24, 2.45) is 5.92 Å². The third-order valence-corrected chi connectivity index (χ3v) is 3.51. The topological polar surface area (TPSA) is 38.3 Å². The van der Waals surface area contributed by atoms with Gasteiger partial charge in [-0.25, -0.2) is 0 Å². The number of carbonyl (C=O) groups is 1. The molecule has 1 saturated carbocycles. The van der Waals surface area contributed by atoms with Gasteiger partial charge in [-0.1, -0.05) is 13.8 Å². The number of hydrogen-bond donors (Lipinski definition) is 1. The standard InChI is InChI=1S/C13H25NO2/c1-4-11(5-2)14-12-8-7-10(9-12)13(15)16-6-3/h10-12,14H,4-9H2,1-3H3. The van der Waals surface area contributed by atoms with Crippen LogP contribution in [0.2, 0.25) is 0 Å². The summed E-state index contributed by atoms with van der Waals surface area (Å²) < 4.78 is 5.07. The molecule has 2 unspecified atom stereocenters. The molecule has 3 heteroatoms. The van der Waals surface area contributed by atoms with Gasteiger partial charge in [0.2, 0.25) is 0 Å². The first-order chi connectivity index (χ1) is 7.71. The molecule has 0 heterocycles. The predicted octanol–water partition coefficient (Wildman–Crippen LogP) is 2.50. The number of hydrogen-bond acceptors (Lipinski definition) is 3. The molecule has 1 aliphatic rings. The fraction of sp³-hybridized carbons (Fsp3) is 0.923. The van der Waals surface area contributed by atoms with E-state index in [1.165, 1.54) is 0 Å². The lowest BCUT2D eigenvalue weighted by atomic mass is 10.1. The zero-order valence-electron chi connectivity index (χ0n) is 10.8. The van der Waals surface area contributed by atoms with Crippen LogP contribution in [0.15, 0.2) is 0 Å². The summed E-state index contributed by atoms with van der Waals surface area (Å²) in [5, 5.41) is 3.63. The molecule has 1 N–H and O–H groups in total. The minimum atomic E-state index is -0.00338. The van der Waals surface area contributed by atoms with E-state index in [1.807, 2.05) is 6.92 Å². The molecule has 3 nitrogen and oxygen atoms in total. The van der Waals surface area contributed by atoms with Crippen molar-refractivity contribution in [2.75, 3.05) is 6.61 Å². The molecule has 94 valence electrons. The van der Waals surface area contributed by atoms with E-state index in [1.54, 1.807) is 0 Å². The van der Waals surface area contributed by atoms with Crippen molar-refractivity contribution in [1.82, 2.24) is 5.32 Å². The second kappa shape index (κ2) is 6.89.